The zero-order chi connectivity index (χ0) is 12.0. The van der Waals surface area contributed by atoms with Crippen LogP contribution in [-0.2, 0) is 4.74 Å². The minimum absolute atomic E-state index is 0.176. The first-order valence-electron chi connectivity index (χ1n) is 6.02. The Bertz CT molecular complexity index is 325. The van der Waals surface area contributed by atoms with Gasteiger partial charge in [0.1, 0.15) is 6.10 Å². The normalized spacial score (nSPS) is 13.9. The highest BCUT2D eigenvalue weighted by Crippen LogP contribution is 2.22. The van der Waals surface area contributed by atoms with Crippen molar-refractivity contribution in [2.24, 2.45) is 5.92 Å². The van der Waals surface area contributed by atoms with Crippen LogP contribution in [-0.4, -0.2) is 0 Å². The fourth-order valence-corrected chi connectivity index (χ4v) is 1.40. The quantitative estimate of drug-likeness (QED) is 0.650. The van der Waals surface area contributed by atoms with Gasteiger partial charge in [-0.1, -0.05) is 51.1 Å². The van der Waals surface area contributed by atoms with Gasteiger partial charge in [-0.15, -0.1) is 0 Å². The van der Waals surface area contributed by atoms with Crippen LogP contribution in [0, 0.1) is 5.92 Å². The lowest BCUT2D eigenvalue weighted by Crippen LogP contribution is -2.00. The molecule has 1 aromatic carbocycles. The zero-order valence-electron chi connectivity index (χ0n) is 10.7. The van der Waals surface area contributed by atoms with Crippen molar-refractivity contribution >= 4 is 0 Å². The Morgan fingerprint density at radius 2 is 1.88 bits per heavy atom. The number of benzene rings is 1. The van der Waals surface area contributed by atoms with Crippen LogP contribution in [0.3, 0.4) is 0 Å². The minimum atomic E-state index is 0.176. The Hall–Kier alpha value is -1.24. The summed E-state index contributed by atoms with van der Waals surface area (Å²) >= 11 is 0. The van der Waals surface area contributed by atoms with Crippen molar-refractivity contribution in [3.05, 3.63) is 47.7 Å². The molecular formula is C15H22O. The molecular weight excluding hydrogens is 196 g/mol. The number of rotatable bonds is 5. The van der Waals surface area contributed by atoms with Crippen LogP contribution in [0.5, 0.6) is 0 Å². The number of hydrogen-bond donors (Lipinski definition) is 0. The van der Waals surface area contributed by atoms with Gasteiger partial charge in [0.05, 0.1) is 6.26 Å². The topological polar surface area (TPSA) is 9.23 Å². The molecule has 0 radical (unpaired) electrons. The maximum absolute atomic E-state index is 5.84. The third-order valence-electron chi connectivity index (χ3n) is 2.87. The largest absolute Gasteiger partial charge is 0.493 e. The summed E-state index contributed by atoms with van der Waals surface area (Å²) in [6.45, 7) is 8.62. The molecule has 0 fully saturated rings. The van der Waals surface area contributed by atoms with Gasteiger partial charge >= 0.3 is 0 Å². The number of allylic oxidation sites excluding steroid dienone is 1. The van der Waals surface area contributed by atoms with Crippen molar-refractivity contribution in [2.75, 3.05) is 0 Å². The Kier molecular flexibility index (Phi) is 5.10. The summed E-state index contributed by atoms with van der Waals surface area (Å²) < 4.78 is 5.84. The molecule has 0 N–H and O–H groups in total. The predicted octanol–water partition coefficient (Wildman–Crippen LogP) is 4.71. The van der Waals surface area contributed by atoms with Crippen LogP contribution in [0.1, 0.15) is 45.8 Å². The van der Waals surface area contributed by atoms with E-state index in [1.54, 1.807) is 0 Å². The van der Waals surface area contributed by atoms with Crippen molar-refractivity contribution in [3.8, 4) is 0 Å². The number of hydrogen-bond acceptors (Lipinski definition) is 1. The van der Waals surface area contributed by atoms with E-state index in [4.69, 9.17) is 4.74 Å². The average Bonchev–Trinajstić information content (AvgIpc) is 2.30. The van der Waals surface area contributed by atoms with Crippen molar-refractivity contribution in [1.29, 1.82) is 0 Å². The van der Waals surface area contributed by atoms with E-state index in [1.807, 2.05) is 12.3 Å². The van der Waals surface area contributed by atoms with E-state index in [2.05, 4.69) is 52.0 Å². The highest BCUT2D eigenvalue weighted by Gasteiger charge is 2.08. The lowest BCUT2D eigenvalue weighted by Gasteiger charge is -2.16. The molecule has 0 heterocycles. The summed E-state index contributed by atoms with van der Waals surface area (Å²) in [5, 5.41) is 0. The molecule has 0 aliphatic rings. The van der Waals surface area contributed by atoms with E-state index in [0.29, 0.717) is 5.92 Å². The van der Waals surface area contributed by atoms with Crippen LogP contribution in [0.15, 0.2) is 42.2 Å². The van der Waals surface area contributed by atoms with E-state index in [1.165, 1.54) is 11.1 Å². The van der Waals surface area contributed by atoms with Crippen molar-refractivity contribution in [1.82, 2.24) is 0 Å². The highest BCUT2D eigenvalue weighted by molar-refractivity contribution is 5.17. The van der Waals surface area contributed by atoms with Gasteiger partial charge < -0.3 is 4.74 Å². The van der Waals surface area contributed by atoms with Crippen LogP contribution < -0.4 is 0 Å². The molecule has 1 rings (SSSR count). The summed E-state index contributed by atoms with van der Waals surface area (Å²) in [6, 6.07) is 10.4. The first-order valence-corrected chi connectivity index (χ1v) is 6.02. The van der Waals surface area contributed by atoms with Gasteiger partial charge in [-0.2, -0.15) is 0 Å². The van der Waals surface area contributed by atoms with E-state index < -0.39 is 0 Å². The lowest BCUT2D eigenvalue weighted by molar-refractivity contribution is 0.139. The van der Waals surface area contributed by atoms with Gasteiger partial charge in [-0.3, -0.25) is 0 Å². The third-order valence-corrected chi connectivity index (χ3v) is 2.87. The summed E-state index contributed by atoms with van der Waals surface area (Å²) in [5.74, 6) is 0.549. The summed E-state index contributed by atoms with van der Waals surface area (Å²) in [6.07, 6.45) is 3.08. The minimum Gasteiger partial charge on any atom is -0.493 e. The van der Waals surface area contributed by atoms with Gasteiger partial charge in [0, 0.05) is 0 Å². The maximum atomic E-state index is 5.84. The molecule has 1 atom stereocenters. The van der Waals surface area contributed by atoms with E-state index in [9.17, 15) is 0 Å². The van der Waals surface area contributed by atoms with Crippen LogP contribution in [0.2, 0.25) is 0 Å². The molecule has 0 spiro atoms. The SMILES string of the molecule is CCC(O/C=C(\C)C(C)C)c1ccccc1. The average molecular weight is 218 g/mol. The first-order chi connectivity index (χ1) is 7.65. The Morgan fingerprint density at radius 1 is 1.25 bits per heavy atom. The predicted molar refractivity (Wildman–Crippen MR) is 69.2 cm³/mol. The molecule has 88 valence electrons. The Labute approximate surface area is 99.1 Å². The Morgan fingerprint density at radius 3 is 2.38 bits per heavy atom. The van der Waals surface area contributed by atoms with Crippen LogP contribution >= 0.6 is 0 Å². The second kappa shape index (κ2) is 6.37. The van der Waals surface area contributed by atoms with E-state index in [0.717, 1.165) is 6.42 Å². The van der Waals surface area contributed by atoms with Crippen molar-refractivity contribution < 1.29 is 4.74 Å². The van der Waals surface area contributed by atoms with E-state index in [-0.39, 0.29) is 6.10 Å². The molecule has 0 saturated heterocycles. The Balaban J connectivity index is 2.67. The molecule has 1 unspecified atom stereocenters. The summed E-state index contributed by atoms with van der Waals surface area (Å²) in [4.78, 5) is 0. The molecule has 0 aliphatic heterocycles. The third kappa shape index (κ3) is 3.73. The maximum Gasteiger partial charge on any atom is 0.123 e. The second-order valence-corrected chi connectivity index (χ2v) is 4.46. The van der Waals surface area contributed by atoms with Gasteiger partial charge in [0.25, 0.3) is 0 Å². The van der Waals surface area contributed by atoms with Crippen LogP contribution in [0.4, 0.5) is 0 Å². The molecule has 16 heavy (non-hydrogen) atoms. The monoisotopic (exact) mass is 218 g/mol. The highest BCUT2D eigenvalue weighted by atomic mass is 16.5. The van der Waals surface area contributed by atoms with E-state index >= 15 is 0 Å². The smallest absolute Gasteiger partial charge is 0.123 e. The molecule has 0 amide bonds. The summed E-state index contributed by atoms with van der Waals surface area (Å²) in [7, 11) is 0. The van der Waals surface area contributed by atoms with Crippen molar-refractivity contribution in [3.63, 3.8) is 0 Å². The number of ether oxygens (including phenoxy) is 1. The molecule has 1 nitrogen and oxygen atoms in total. The molecule has 1 aromatic rings. The molecule has 0 aliphatic carbocycles. The van der Waals surface area contributed by atoms with Gasteiger partial charge in [-0.25, -0.2) is 0 Å². The molecule has 1 heteroatoms. The first kappa shape index (κ1) is 12.8. The standard InChI is InChI=1S/C15H22O/c1-5-15(14-9-7-6-8-10-14)16-11-13(4)12(2)3/h6-12,15H,5H2,1-4H3/b13-11+. The lowest BCUT2D eigenvalue weighted by atomic mass is 10.1. The van der Waals surface area contributed by atoms with Crippen molar-refractivity contribution in [2.45, 2.75) is 40.2 Å². The molecule has 0 aromatic heterocycles. The fourth-order valence-electron chi connectivity index (χ4n) is 1.40. The summed E-state index contributed by atoms with van der Waals surface area (Å²) in [5.41, 5.74) is 2.53. The van der Waals surface area contributed by atoms with Gasteiger partial charge in [-0.05, 0) is 30.4 Å². The zero-order valence-corrected chi connectivity index (χ0v) is 10.7. The van der Waals surface area contributed by atoms with Gasteiger partial charge in [0.15, 0.2) is 0 Å². The second-order valence-electron chi connectivity index (χ2n) is 4.46. The fraction of sp³-hybridized carbons (Fsp3) is 0.467. The van der Waals surface area contributed by atoms with Crippen LogP contribution in [0.25, 0.3) is 0 Å². The van der Waals surface area contributed by atoms with Gasteiger partial charge in [0.2, 0.25) is 0 Å². The molecule has 0 bridgehead atoms. The molecule has 0 saturated carbocycles.